The second kappa shape index (κ2) is 6.18. The number of rotatable bonds is 6. The zero-order chi connectivity index (χ0) is 16.4. The van der Waals surface area contributed by atoms with E-state index in [4.69, 9.17) is 9.47 Å². The van der Waals surface area contributed by atoms with Crippen LogP contribution in [0.5, 0.6) is 5.75 Å². The fraction of sp³-hybridized carbons (Fsp3) is 0.235. The fourth-order valence-electron chi connectivity index (χ4n) is 2.31. The van der Waals surface area contributed by atoms with E-state index in [1.165, 1.54) is 12.1 Å². The molecule has 6 nitrogen and oxygen atoms in total. The summed E-state index contributed by atoms with van der Waals surface area (Å²) in [6.45, 7) is 2.59. The van der Waals surface area contributed by atoms with Crippen LogP contribution in [-0.2, 0) is 4.74 Å². The number of nitro groups is 1. The molecule has 1 atom stereocenters. The Morgan fingerprint density at radius 1 is 1.26 bits per heavy atom. The van der Waals surface area contributed by atoms with Crippen LogP contribution >= 0.6 is 0 Å². The summed E-state index contributed by atoms with van der Waals surface area (Å²) in [7, 11) is 0. The number of hydrogen-bond donors (Lipinski definition) is 0. The van der Waals surface area contributed by atoms with Crippen molar-refractivity contribution in [2.75, 3.05) is 13.2 Å². The van der Waals surface area contributed by atoms with Crippen LogP contribution in [0.25, 0.3) is 0 Å². The second-order valence-corrected chi connectivity index (χ2v) is 5.32. The smallest absolute Gasteiger partial charge is 0.311 e. The molecule has 1 aliphatic heterocycles. The van der Waals surface area contributed by atoms with Crippen LogP contribution in [-0.4, -0.2) is 30.0 Å². The molecule has 1 aliphatic rings. The van der Waals surface area contributed by atoms with E-state index in [0.29, 0.717) is 12.2 Å². The number of nitrogens with zero attached hydrogens (tertiary/aromatic N) is 1. The van der Waals surface area contributed by atoms with Gasteiger partial charge in [-0.15, -0.1) is 0 Å². The topological polar surface area (TPSA) is 82.0 Å². The zero-order valence-corrected chi connectivity index (χ0v) is 12.5. The van der Waals surface area contributed by atoms with Crippen LogP contribution in [0.2, 0.25) is 0 Å². The van der Waals surface area contributed by atoms with Gasteiger partial charge in [0.1, 0.15) is 12.7 Å². The first kappa shape index (κ1) is 15.2. The molecule has 1 heterocycles. The van der Waals surface area contributed by atoms with Crippen LogP contribution in [0, 0.1) is 17.0 Å². The highest BCUT2D eigenvalue weighted by atomic mass is 16.6. The number of ketones is 1. The molecule has 0 radical (unpaired) electrons. The third-order valence-corrected chi connectivity index (χ3v) is 3.64. The van der Waals surface area contributed by atoms with E-state index in [9.17, 15) is 14.9 Å². The van der Waals surface area contributed by atoms with Gasteiger partial charge >= 0.3 is 5.69 Å². The largest absolute Gasteiger partial charge is 0.483 e. The van der Waals surface area contributed by atoms with Gasteiger partial charge < -0.3 is 9.47 Å². The molecule has 6 heteroatoms. The summed E-state index contributed by atoms with van der Waals surface area (Å²) in [6, 6.07) is 11.5. The normalized spacial score (nSPS) is 16.0. The summed E-state index contributed by atoms with van der Waals surface area (Å²) in [5.74, 6) is -0.292. The first-order chi connectivity index (χ1) is 11.1. The van der Waals surface area contributed by atoms with E-state index in [0.717, 1.165) is 5.56 Å². The monoisotopic (exact) mass is 313 g/mol. The van der Waals surface area contributed by atoms with Gasteiger partial charge in [0.25, 0.3) is 0 Å². The van der Waals surface area contributed by atoms with Crippen molar-refractivity contribution in [2.24, 2.45) is 0 Å². The first-order valence-electron chi connectivity index (χ1n) is 7.20. The van der Waals surface area contributed by atoms with Gasteiger partial charge in [-0.25, -0.2) is 0 Å². The maximum atomic E-state index is 12.8. The maximum Gasteiger partial charge on any atom is 0.311 e. The van der Waals surface area contributed by atoms with Crippen LogP contribution in [0.15, 0.2) is 42.5 Å². The van der Waals surface area contributed by atoms with Crippen molar-refractivity contribution >= 4 is 11.5 Å². The van der Waals surface area contributed by atoms with Crippen LogP contribution in [0.4, 0.5) is 5.69 Å². The summed E-state index contributed by atoms with van der Waals surface area (Å²) >= 11 is 0. The molecule has 3 rings (SSSR count). The highest BCUT2D eigenvalue weighted by Gasteiger charge is 2.28. The predicted molar refractivity (Wildman–Crippen MR) is 82.9 cm³/mol. The Balaban J connectivity index is 2.02. The van der Waals surface area contributed by atoms with Gasteiger partial charge in [0.15, 0.2) is 5.78 Å². The number of hydrogen-bond acceptors (Lipinski definition) is 5. The van der Waals surface area contributed by atoms with Crippen molar-refractivity contribution in [3.8, 4) is 5.75 Å². The summed E-state index contributed by atoms with van der Waals surface area (Å²) in [4.78, 5) is 23.5. The molecule has 0 aliphatic carbocycles. The van der Waals surface area contributed by atoms with Crippen molar-refractivity contribution in [2.45, 2.75) is 13.0 Å². The number of carbonyl (C=O) groups is 1. The molecule has 23 heavy (non-hydrogen) atoms. The number of epoxide rings is 1. The predicted octanol–water partition coefficient (Wildman–Crippen LogP) is 2.91. The fourth-order valence-corrected chi connectivity index (χ4v) is 2.31. The Kier molecular flexibility index (Phi) is 4.08. The van der Waals surface area contributed by atoms with Crippen LogP contribution in [0.1, 0.15) is 21.5 Å². The number of carbonyl (C=O) groups excluding carboxylic acids is 1. The van der Waals surface area contributed by atoms with E-state index in [-0.39, 0.29) is 35.5 Å². The Morgan fingerprint density at radius 3 is 2.61 bits per heavy atom. The molecule has 0 aromatic heterocycles. The van der Waals surface area contributed by atoms with Crippen molar-refractivity contribution in [3.05, 3.63) is 69.3 Å². The van der Waals surface area contributed by atoms with Gasteiger partial charge in [0, 0.05) is 11.6 Å². The molecule has 0 amide bonds. The molecule has 1 fully saturated rings. The molecule has 0 bridgehead atoms. The molecule has 1 saturated heterocycles. The number of aryl methyl sites for hydroxylation is 1. The van der Waals surface area contributed by atoms with E-state index in [1.54, 1.807) is 18.2 Å². The molecule has 1 unspecified atom stereocenters. The minimum absolute atomic E-state index is 0.00116. The second-order valence-electron chi connectivity index (χ2n) is 5.32. The first-order valence-corrected chi connectivity index (χ1v) is 7.20. The lowest BCUT2D eigenvalue weighted by Crippen LogP contribution is -2.12. The number of ether oxygens (including phenoxy) is 2. The van der Waals surface area contributed by atoms with Gasteiger partial charge in [-0.05, 0) is 18.6 Å². The third kappa shape index (κ3) is 3.22. The Labute approximate surface area is 132 Å². The van der Waals surface area contributed by atoms with Crippen molar-refractivity contribution < 1.29 is 19.2 Å². The van der Waals surface area contributed by atoms with Crippen LogP contribution in [0.3, 0.4) is 0 Å². The quantitative estimate of drug-likeness (QED) is 0.354. The van der Waals surface area contributed by atoms with Crippen molar-refractivity contribution in [1.82, 2.24) is 0 Å². The lowest BCUT2D eigenvalue weighted by Gasteiger charge is -2.11. The standard InChI is InChI=1S/C17H15NO5/c1-11-5-2-3-6-13(11)16(19)14-7-4-8-15(18(20)21)17(14)23-10-12-9-22-12/h2-8,12H,9-10H2,1H3. The van der Waals surface area contributed by atoms with E-state index in [2.05, 4.69) is 0 Å². The minimum atomic E-state index is -0.544. The Morgan fingerprint density at radius 2 is 1.96 bits per heavy atom. The summed E-state index contributed by atoms with van der Waals surface area (Å²) in [6.07, 6.45) is -0.0591. The van der Waals surface area contributed by atoms with Crippen LogP contribution < -0.4 is 4.74 Å². The lowest BCUT2D eigenvalue weighted by molar-refractivity contribution is -0.385. The van der Waals surface area contributed by atoms with Gasteiger partial charge in [-0.2, -0.15) is 0 Å². The molecule has 0 saturated carbocycles. The number of nitro benzene ring substituents is 1. The maximum absolute atomic E-state index is 12.8. The molecular formula is C17H15NO5. The van der Waals surface area contributed by atoms with Gasteiger partial charge in [0.2, 0.25) is 5.75 Å². The third-order valence-electron chi connectivity index (χ3n) is 3.64. The molecule has 0 N–H and O–H groups in total. The Bertz CT molecular complexity index is 767. The minimum Gasteiger partial charge on any atom is -0.483 e. The summed E-state index contributed by atoms with van der Waals surface area (Å²) in [5.41, 5.74) is 1.28. The molecule has 2 aromatic carbocycles. The average Bonchev–Trinajstić information content (AvgIpc) is 3.36. The number of benzene rings is 2. The Hall–Kier alpha value is -2.73. The summed E-state index contributed by atoms with van der Waals surface area (Å²) in [5, 5.41) is 11.2. The lowest BCUT2D eigenvalue weighted by atomic mass is 9.98. The van der Waals surface area contributed by atoms with E-state index >= 15 is 0 Å². The highest BCUT2D eigenvalue weighted by Crippen LogP contribution is 2.33. The van der Waals surface area contributed by atoms with Gasteiger partial charge in [0.05, 0.1) is 17.1 Å². The SMILES string of the molecule is Cc1ccccc1C(=O)c1cccc([N+](=O)[O-])c1OCC1CO1. The van der Waals surface area contributed by atoms with Crippen molar-refractivity contribution in [3.63, 3.8) is 0 Å². The zero-order valence-electron chi connectivity index (χ0n) is 12.5. The highest BCUT2D eigenvalue weighted by molar-refractivity contribution is 6.12. The number of para-hydroxylation sites is 1. The molecule has 118 valence electrons. The van der Waals surface area contributed by atoms with E-state index < -0.39 is 4.92 Å². The van der Waals surface area contributed by atoms with Crippen molar-refractivity contribution in [1.29, 1.82) is 0 Å². The average molecular weight is 313 g/mol. The van der Waals surface area contributed by atoms with Gasteiger partial charge in [-0.3, -0.25) is 14.9 Å². The molecular weight excluding hydrogens is 298 g/mol. The van der Waals surface area contributed by atoms with E-state index in [1.807, 2.05) is 19.1 Å². The molecule has 0 spiro atoms. The van der Waals surface area contributed by atoms with Gasteiger partial charge in [-0.1, -0.05) is 30.3 Å². The summed E-state index contributed by atoms with van der Waals surface area (Å²) < 4.78 is 10.6. The molecule has 2 aromatic rings.